The molecule has 5 heteroatoms. The summed E-state index contributed by atoms with van der Waals surface area (Å²) in [5.41, 5.74) is 1.13. The molecule has 0 spiro atoms. The van der Waals surface area contributed by atoms with E-state index in [0.29, 0.717) is 5.92 Å². The highest BCUT2D eigenvalue weighted by Gasteiger charge is 2.06. The smallest absolute Gasteiger partial charge is 0.127 e. The summed E-state index contributed by atoms with van der Waals surface area (Å²) in [6, 6.07) is 5.89. The normalized spacial score (nSPS) is 12.1. The number of methoxy groups -OCH3 is 2. The maximum Gasteiger partial charge on any atom is 0.127 e. The van der Waals surface area contributed by atoms with Crippen molar-refractivity contribution in [3.8, 4) is 11.5 Å². The molecule has 0 aliphatic carbocycles. The van der Waals surface area contributed by atoms with Crippen molar-refractivity contribution in [1.82, 2.24) is 14.9 Å². The van der Waals surface area contributed by atoms with E-state index in [-0.39, 0.29) is 0 Å². The highest BCUT2D eigenvalue weighted by molar-refractivity contribution is 5.40. The molecule has 21 heavy (non-hydrogen) atoms. The minimum absolute atomic E-state index is 0.531. The largest absolute Gasteiger partial charge is 0.497 e. The second kappa shape index (κ2) is 7.69. The van der Waals surface area contributed by atoms with Crippen LogP contribution in [0.15, 0.2) is 36.9 Å². The van der Waals surface area contributed by atoms with Gasteiger partial charge >= 0.3 is 0 Å². The molecule has 0 amide bonds. The molecule has 1 heterocycles. The number of nitrogens with one attached hydrogen (secondary N) is 1. The van der Waals surface area contributed by atoms with E-state index in [1.807, 2.05) is 36.9 Å². The Morgan fingerprint density at radius 2 is 2.14 bits per heavy atom. The van der Waals surface area contributed by atoms with E-state index in [4.69, 9.17) is 9.47 Å². The summed E-state index contributed by atoms with van der Waals surface area (Å²) in [6.07, 6.45) is 5.65. The van der Waals surface area contributed by atoms with Gasteiger partial charge in [0.1, 0.15) is 11.5 Å². The van der Waals surface area contributed by atoms with Crippen molar-refractivity contribution >= 4 is 0 Å². The van der Waals surface area contributed by atoms with Crippen LogP contribution in [0.25, 0.3) is 0 Å². The fourth-order valence-corrected chi connectivity index (χ4v) is 2.27. The molecule has 2 aromatic rings. The van der Waals surface area contributed by atoms with Crippen molar-refractivity contribution in [2.24, 2.45) is 5.92 Å². The summed E-state index contributed by atoms with van der Waals surface area (Å²) in [7, 11) is 3.34. The lowest BCUT2D eigenvalue weighted by Gasteiger charge is -2.15. The van der Waals surface area contributed by atoms with Crippen LogP contribution in [0.3, 0.4) is 0 Å². The van der Waals surface area contributed by atoms with Crippen LogP contribution in [0, 0.1) is 5.92 Å². The van der Waals surface area contributed by atoms with Crippen molar-refractivity contribution in [2.45, 2.75) is 20.0 Å². The molecule has 0 aliphatic rings. The number of ether oxygens (including phenoxy) is 2. The van der Waals surface area contributed by atoms with Gasteiger partial charge in [-0.25, -0.2) is 4.98 Å². The second-order valence-corrected chi connectivity index (χ2v) is 5.17. The molecule has 1 atom stereocenters. The average Bonchev–Trinajstić information content (AvgIpc) is 3.00. The van der Waals surface area contributed by atoms with Gasteiger partial charge in [-0.2, -0.15) is 0 Å². The van der Waals surface area contributed by atoms with Gasteiger partial charge in [0.25, 0.3) is 0 Å². The standard InChI is InChI=1S/C16H23N3O2/c1-13(11-19-7-6-17-12-19)9-18-10-14-4-5-15(20-2)8-16(14)21-3/h4-8,12-13,18H,9-11H2,1-3H3. The molecule has 1 N–H and O–H groups in total. The van der Waals surface area contributed by atoms with Crippen LogP contribution < -0.4 is 14.8 Å². The highest BCUT2D eigenvalue weighted by Crippen LogP contribution is 2.24. The number of hydrogen-bond donors (Lipinski definition) is 1. The Bertz CT molecular complexity index is 540. The topological polar surface area (TPSA) is 48.3 Å². The number of imidazole rings is 1. The van der Waals surface area contributed by atoms with E-state index in [1.165, 1.54) is 0 Å². The van der Waals surface area contributed by atoms with E-state index >= 15 is 0 Å². The zero-order valence-corrected chi connectivity index (χ0v) is 12.9. The maximum atomic E-state index is 5.40. The molecule has 0 aliphatic heterocycles. The molecule has 1 aromatic carbocycles. The van der Waals surface area contributed by atoms with Gasteiger partial charge in [-0.05, 0) is 18.5 Å². The zero-order chi connectivity index (χ0) is 15.1. The first-order valence-corrected chi connectivity index (χ1v) is 7.10. The summed E-state index contributed by atoms with van der Waals surface area (Å²) in [5, 5.41) is 3.47. The Hall–Kier alpha value is -2.01. The number of benzene rings is 1. The number of hydrogen-bond acceptors (Lipinski definition) is 4. The van der Waals surface area contributed by atoms with Crippen molar-refractivity contribution in [3.63, 3.8) is 0 Å². The minimum atomic E-state index is 0.531. The van der Waals surface area contributed by atoms with E-state index in [1.54, 1.807) is 14.2 Å². The predicted molar refractivity (Wildman–Crippen MR) is 82.6 cm³/mol. The third-order valence-corrected chi connectivity index (χ3v) is 3.38. The first-order chi connectivity index (χ1) is 10.2. The van der Waals surface area contributed by atoms with E-state index in [2.05, 4.69) is 21.8 Å². The van der Waals surface area contributed by atoms with Gasteiger partial charge in [-0.3, -0.25) is 0 Å². The Morgan fingerprint density at radius 3 is 2.81 bits per heavy atom. The van der Waals surface area contributed by atoms with Crippen LogP contribution in [-0.2, 0) is 13.1 Å². The van der Waals surface area contributed by atoms with E-state index in [9.17, 15) is 0 Å². The Kier molecular flexibility index (Phi) is 5.63. The van der Waals surface area contributed by atoms with E-state index in [0.717, 1.165) is 36.7 Å². The zero-order valence-electron chi connectivity index (χ0n) is 12.9. The molecule has 2 rings (SSSR count). The third-order valence-electron chi connectivity index (χ3n) is 3.38. The molecule has 0 saturated heterocycles. The Morgan fingerprint density at radius 1 is 1.29 bits per heavy atom. The van der Waals surface area contributed by atoms with Gasteiger partial charge in [0.05, 0.1) is 20.5 Å². The molecule has 114 valence electrons. The Balaban J connectivity index is 1.82. The van der Waals surface area contributed by atoms with Gasteiger partial charge < -0.3 is 19.4 Å². The fraction of sp³-hybridized carbons (Fsp3) is 0.438. The SMILES string of the molecule is COc1ccc(CNCC(C)Cn2ccnc2)c(OC)c1. The van der Waals surface area contributed by atoms with Crippen LogP contribution in [0.2, 0.25) is 0 Å². The predicted octanol–water partition coefficient (Wildman–Crippen LogP) is 2.33. The first-order valence-electron chi connectivity index (χ1n) is 7.10. The summed E-state index contributed by atoms with van der Waals surface area (Å²) in [6.45, 7) is 4.90. The van der Waals surface area contributed by atoms with Crippen LogP contribution in [0.4, 0.5) is 0 Å². The molecule has 0 radical (unpaired) electrons. The third kappa shape index (κ3) is 4.49. The molecular weight excluding hydrogens is 266 g/mol. The fourth-order valence-electron chi connectivity index (χ4n) is 2.27. The highest BCUT2D eigenvalue weighted by atomic mass is 16.5. The molecule has 0 fully saturated rings. The van der Waals surface area contributed by atoms with Gasteiger partial charge in [0, 0.05) is 37.1 Å². The lowest BCUT2D eigenvalue weighted by molar-refractivity contribution is 0.387. The molecule has 0 bridgehead atoms. The van der Waals surface area contributed by atoms with Crippen molar-refractivity contribution in [3.05, 3.63) is 42.5 Å². The van der Waals surface area contributed by atoms with Crippen molar-refractivity contribution in [1.29, 1.82) is 0 Å². The number of aromatic nitrogens is 2. The van der Waals surface area contributed by atoms with Crippen molar-refractivity contribution < 1.29 is 9.47 Å². The van der Waals surface area contributed by atoms with Crippen molar-refractivity contribution in [2.75, 3.05) is 20.8 Å². The van der Waals surface area contributed by atoms with Gasteiger partial charge in [-0.1, -0.05) is 13.0 Å². The Labute approximate surface area is 125 Å². The monoisotopic (exact) mass is 289 g/mol. The van der Waals surface area contributed by atoms with Gasteiger partial charge in [-0.15, -0.1) is 0 Å². The van der Waals surface area contributed by atoms with Crippen LogP contribution in [0.1, 0.15) is 12.5 Å². The minimum Gasteiger partial charge on any atom is -0.497 e. The quantitative estimate of drug-likeness (QED) is 0.810. The first kappa shape index (κ1) is 15.4. The number of nitrogens with zero attached hydrogens (tertiary/aromatic N) is 2. The molecule has 0 saturated carbocycles. The van der Waals surface area contributed by atoms with Gasteiger partial charge in [0.15, 0.2) is 0 Å². The summed E-state index contributed by atoms with van der Waals surface area (Å²) < 4.78 is 12.7. The molecular formula is C16H23N3O2. The average molecular weight is 289 g/mol. The molecule has 1 unspecified atom stereocenters. The van der Waals surface area contributed by atoms with Crippen LogP contribution >= 0.6 is 0 Å². The molecule has 1 aromatic heterocycles. The maximum absolute atomic E-state index is 5.40. The lowest BCUT2D eigenvalue weighted by Crippen LogP contribution is -2.23. The van der Waals surface area contributed by atoms with Crippen LogP contribution in [-0.4, -0.2) is 30.3 Å². The number of rotatable bonds is 8. The molecule has 5 nitrogen and oxygen atoms in total. The lowest BCUT2D eigenvalue weighted by atomic mass is 10.1. The summed E-state index contributed by atoms with van der Waals surface area (Å²) >= 11 is 0. The van der Waals surface area contributed by atoms with E-state index < -0.39 is 0 Å². The summed E-state index contributed by atoms with van der Waals surface area (Å²) in [5.74, 6) is 2.19. The van der Waals surface area contributed by atoms with Crippen LogP contribution in [0.5, 0.6) is 11.5 Å². The van der Waals surface area contributed by atoms with Gasteiger partial charge in [0.2, 0.25) is 0 Å². The second-order valence-electron chi connectivity index (χ2n) is 5.17. The summed E-state index contributed by atoms with van der Waals surface area (Å²) in [4.78, 5) is 4.06.